The smallest absolute Gasteiger partial charge is 0.324 e. The lowest BCUT2D eigenvalue weighted by atomic mass is 9.87. The molecule has 1 aromatic carbocycles. The topological polar surface area (TPSA) is 91.2 Å². The summed E-state index contributed by atoms with van der Waals surface area (Å²) in [6.07, 6.45) is 0. The van der Waals surface area contributed by atoms with Gasteiger partial charge in [0.25, 0.3) is 5.91 Å². The third-order valence-corrected chi connectivity index (χ3v) is 7.74. The number of nitrogens with zero attached hydrogens (tertiary/aromatic N) is 2. The highest BCUT2D eigenvalue weighted by Crippen LogP contribution is 2.24. The van der Waals surface area contributed by atoms with Crippen molar-refractivity contribution in [1.29, 1.82) is 0 Å². The number of piperazine rings is 1. The zero-order chi connectivity index (χ0) is 21.4. The first-order chi connectivity index (χ1) is 13.5. The predicted molar refractivity (Wildman–Crippen MR) is 109 cm³/mol. The van der Waals surface area contributed by atoms with Crippen molar-refractivity contribution < 1.29 is 22.9 Å². The van der Waals surface area contributed by atoms with Gasteiger partial charge in [-0.3, -0.25) is 9.69 Å². The minimum absolute atomic E-state index is 0.0355. The molecule has 0 spiro atoms. The molecular weight excluding hydrogens is 392 g/mol. The van der Waals surface area contributed by atoms with E-state index < -0.39 is 10.0 Å². The van der Waals surface area contributed by atoms with E-state index in [1.165, 1.54) is 9.21 Å². The highest BCUT2D eigenvalue weighted by Gasteiger charge is 2.38. The fourth-order valence-electron chi connectivity index (χ4n) is 3.81. The maximum absolute atomic E-state index is 13.0. The average molecular weight is 424 g/mol. The van der Waals surface area contributed by atoms with Gasteiger partial charge in [0.1, 0.15) is 0 Å². The minimum Gasteiger partial charge on any atom is -0.336 e. The summed E-state index contributed by atoms with van der Waals surface area (Å²) in [4.78, 5) is 26.9. The van der Waals surface area contributed by atoms with Gasteiger partial charge in [-0.25, -0.2) is 13.2 Å². The Labute approximate surface area is 172 Å². The molecule has 0 radical (unpaired) electrons. The number of rotatable bonds is 4. The first-order valence-electron chi connectivity index (χ1n) is 10.1. The molecule has 2 heterocycles. The van der Waals surface area contributed by atoms with Crippen LogP contribution < -0.4 is 10.2 Å². The van der Waals surface area contributed by atoms with E-state index in [0.717, 1.165) is 10.5 Å². The second-order valence-corrected chi connectivity index (χ2v) is 10.7. The van der Waals surface area contributed by atoms with Gasteiger partial charge >= 0.3 is 6.03 Å². The maximum Gasteiger partial charge on any atom is 0.324 e. The van der Waals surface area contributed by atoms with Crippen molar-refractivity contribution in [3.63, 3.8) is 0 Å². The fourth-order valence-corrected chi connectivity index (χ4v) is 5.25. The van der Waals surface area contributed by atoms with E-state index in [1.807, 2.05) is 12.1 Å². The molecule has 0 saturated carbocycles. The van der Waals surface area contributed by atoms with Crippen molar-refractivity contribution in [2.24, 2.45) is 0 Å². The average Bonchev–Trinajstić information content (AvgIpc) is 3.12. The quantitative estimate of drug-likeness (QED) is 0.703. The monoisotopic (exact) mass is 423 g/mol. The first kappa shape index (κ1) is 21.7. The largest absolute Gasteiger partial charge is 0.336 e. The lowest BCUT2D eigenvalue weighted by Crippen LogP contribution is -3.19. The summed E-state index contributed by atoms with van der Waals surface area (Å²) in [5.41, 5.74) is 1.05. The number of benzene rings is 1. The van der Waals surface area contributed by atoms with Gasteiger partial charge in [-0.05, 0) is 30.0 Å². The number of imide groups is 1. The summed E-state index contributed by atoms with van der Waals surface area (Å²) in [5.74, 6) is -0.205. The van der Waals surface area contributed by atoms with Crippen LogP contribution in [0.15, 0.2) is 29.2 Å². The van der Waals surface area contributed by atoms with Gasteiger partial charge in [-0.1, -0.05) is 32.9 Å². The highest BCUT2D eigenvalue weighted by atomic mass is 32.2. The van der Waals surface area contributed by atoms with Gasteiger partial charge in [0.05, 0.1) is 31.1 Å². The molecule has 0 bridgehead atoms. The van der Waals surface area contributed by atoms with Crippen LogP contribution in [0.4, 0.5) is 4.79 Å². The van der Waals surface area contributed by atoms with Crippen LogP contribution in [-0.4, -0.2) is 74.9 Å². The van der Waals surface area contributed by atoms with Crippen LogP contribution in [0.5, 0.6) is 0 Å². The molecule has 2 N–H and O–H groups in total. The van der Waals surface area contributed by atoms with Gasteiger partial charge in [-0.2, -0.15) is 4.31 Å². The Kier molecular flexibility index (Phi) is 6.03. The third kappa shape index (κ3) is 4.46. The Morgan fingerprint density at radius 1 is 1.10 bits per heavy atom. The second kappa shape index (κ2) is 8.04. The van der Waals surface area contributed by atoms with E-state index in [9.17, 15) is 18.0 Å². The van der Waals surface area contributed by atoms with E-state index in [1.54, 1.807) is 19.1 Å². The fraction of sp³-hybridized carbons (Fsp3) is 0.600. The van der Waals surface area contributed by atoms with E-state index in [-0.39, 0.29) is 23.4 Å². The van der Waals surface area contributed by atoms with Gasteiger partial charge in [0, 0.05) is 13.1 Å². The van der Waals surface area contributed by atoms with Crippen molar-refractivity contribution in [3.05, 3.63) is 29.8 Å². The lowest BCUT2D eigenvalue weighted by molar-refractivity contribution is -0.917. The summed E-state index contributed by atoms with van der Waals surface area (Å²) in [6, 6.07) is 6.36. The summed E-state index contributed by atoms with van der Waals surface area (Å²) < 4.78 is 27.5. The molecule has 160 valence electrons. The van der Waals surface area contributed by atoms with Crippen LogP contribution in [0.2, 0.25) is 0 Å². The van der Waals surface area contributed by atoms with Crippen LogP contribution in [0.1, 0.15) is 33.3 Å². The van der Waals surface area contributed by atoms with Crippen LogP contribution in [0.25, 0.3) is 0 Å². The first-order valence-corrected chi connectivity index (χ1v) is 11.5. The zero-order valence-electron chi connectivity index (χ0n) is 17.6. The van der Waals surface area contributed by atoms with Crippen molar-refractivity contribution in [3.8, 4) is 0 Å². The van der Waals surface area contributed by atoms with Crippen LogP contribution in [-0.2, 0) is 20.2 Å². The molecule has 29 heavy (non-hydrogen) atoms. The molecule has 1 atom stereocenters. The van der Waals surface area contributed by atoms with Crippen molar-refractivity contribution in [1.82, 2.24) is 14.5 Å². The molecule has 0 aliphatic carbocycles. The molecule has 2 aliphatic rings. The number of urea groups is 1. The summed E-state index contributed by atoms with van der Waals surface area (Å²) in [7, 11) is -3.56. The summed E-state index contributed by atoms with van der Waals surface area (Å²) >= 11 is 0. The third-order valence-electron chi connectivity index (χ3n) is 5.83. The molecule has 8 nitrogen and oxygen atoms in total. The van der Waals surface area contributed by atoms with Gasteiger partial charge in [-0.15, -0.1) is 0 Å². The minimum atomic E-state index is -3.56. The molecule has 0 unspecified atom stereocenters. The van der Waals surface area contributed by atoms with Crippen molar-refractivity contribution in [2.75, 3.05) is 39.3 Å². The number of carbonyl (C=O) groups is 2. The maximum atomic E-state index is 13.0. The second-order valence-electron chi connectivity index (χ2n) is 8.78. The normalized spacial score (nSPS) is 20.6. The number of hydrogen-bond donors (Lipinski definition) is 2. The molecule has 1 aromatic rings. The van der Waals surface area contributed by atoms with Crippen LogP contribution >= 0.6 is 0 Å². The Balaban J connectivity index is 1.63. The van der Waals surface area contributed by atoms with E-state index in [4.69, 9.17) is 0 Å². The van der Waals surface area contributed by atoms with Gasteiger partial charge in [0.2, 0.25) is 10.0 Å². The molecule has 0 aromatic heterocycles. The van der Waals surface area contributed by atoms with Crippen molar-refractivity contribution >= 4 is 22.0 Å². The van der Waals surface area contributed by atoms with Gasteiger partial charge < -0.3 is 10.2 Å². The molecule has 3 rings (SSSR count). The number of quaternary nitrogens is 1. The Hall–Kier alpha value is -1.97. The lowest BCUT2D eigenvalue weighted by Gasteiger charge is -2.35. The molecule has 9 heteroatoms. The number of nitrogens with one attached hydrogen (secondary N) is 2. The Bertz CT molecular complexity index is 869. The van der Waals surface area contributed by atoms with Crippen LogP contribution in [0.3, 0.4) is 0 Å². The van der Waals surface area contributed by atoms with E-state index in [0.29, 0.717) is 44.2 Å². The van der Waals surface area contributed by atoms with Gasteiger partial charge in [0.15, 0.2) is 6.04 Å². The molecule has 2 fully saturated rings. The summed E-state index contributed by atoms with van der Waals surface area (Å²) in [5, 5.41) is 2.64. The van der Waals surface area contributed by atoms with Crippen molar-refractivity contribution in [2.45, 2.75) is 44.0 Å². The highest BCUT2D eigenvalue weighted by molar-refractivity contribution is 7.89. The number of hydrogen-bond acceptors (Lipinski definition) is 4. The molecule has 2 saturated heterocycles. The molecule has 3 amide bonds. The standard InChI is InChI=1S/C20H30N4O4S/c1-15(18(25)24-10-9-21-19(24)26)22-11-13-23(14-12-22)29(27,28)17-7-5-16(6-8-17)20(2,3)4/h5-8,15H,9-14H2,1-4H3,(H,21,26)/p+1/t15-/m1/s1. The number of sulfonamides is 1. The molecule has 2 aliphatic heterocycles. The Morgan fingerprint density at radius 3 is 2.17 bits per heavy atom. The van der Waals surface area contributed by atoms with E-state index >= 15 is 0 Å². The summed E-state index contributed by atoms with van der Waals surface area (Å²) in [6.45, 7) is 10.7. The van der Waals surface area contributed by atoms with E-state index in [2.05, 4.69) is 26.1 Å². The predicted octanol–water partition coefficient (Wildman–Crippen LogP) is -0.186. The Morgan fingerprint density at radius 2 is 1.69 bits per heavy atom. The van der Waals surface area contributed by atoms with Crippen LogP contribution in [0, 0.1) is 0 Å². The molecular formula is C20H31N4O4S+. The number of carbonyl (C=O) groups excluding carboxylic acids is 2. The number of amides is 3. The zero-order valence-corrected chi connectivity index (χ0v) is 18.4. The SMILES string of the molecule is C[C@H](C(=O)N1CCNC1=O)[NH+]1CCN(S(=O)(=O)c2ccc(C(C)(C)C)cc2)CC1.